The van der Waals surface area contributed by atoms with Gasteiger partial charge < -0.3 is 9.47 Å². The van der Waals surface area contributed by atoms with Gasteiger partial charge in [-0.3, -0.25) is 0 Å². The van der Waals surface area contributed by atoms with Crippen molar-refractivity contribution in [3.63, 3.8) is 0 Å². The number of hydrogen-bond donors (Lipinski definition) is 0. The Morgan fingerprint density at radius 3 is 2.77 bits per heavy atom. The Morgan fingerprint density at radius 2 is 1.95 bits per heavy atom. The van der Waals surface area contributed by atoms with E-state index in [0.29, 0.717) is 17.1 Å². The van der Waals surface area contributed by atoms with Gasteiger partial charge in [-0.15, -0.1) is 0 Å². The fourth-order valence-electron chi connectivity index (χ4n) is 2.28. The molecule has 5 nitrogen and oxygen atoms in total. The first-order valence-corrected chi connectivity index (χ1v) is 6.58. The molecule has 0 radical (unpaired) electrons. The van der Waals surface area contributed by atoms with E-state index < -0.39 is 17.7 Å². The van der Waals surface area contributed by atoms with Gasteiger partial charge in [-0.05, 0) is 17.7 Å². The minimum atomic E-state index is -0.948. The summed E-state index contributed by atoms with van der Waals surface area (Å²) in [7, 11) is 0. The highest BCUT2D eigenvalue weighted by atomic mass is 19.2. The molecule has 0 fully saturated rings. The third-order valence-electron chi connectivity index (χ3n) is 3.28. The molecule has 0 aliphatic carbocycles. The Kier molecular flexibility index (Phi) is 3.80. The van der Waals surface area contributed by atoms with Crippen molar-refractivity contribution in [2.45, 2.75) is 6.10 Å². The van der Waals surface area contributed by atoms with Gasteiger partial charge >= 0.3 is 0 Å². The molecule has 22 heavy (non-hydrogen) atoms. The number of hydrogen-bond acceptors (Lipinski definition) is 3. The molecule has 0 spiro atoms. The summed E-state index contributed by atoms with van der Waals surface area (Å²) in [6, 6.07) is 8.92. The van der Waals surface area contributed by atoms with Crippen LogP contribution in [0.1, 0.15) is 0 Å². The molecule has 0 bridgehead atoms. The zero-order valence-electron chi connectivity index (χ0n) is 11.4. The maximum absolute atomic E-state index is 14.0. The summed E-state index contributed by atoms with van der Waals surface area (Å²) < 4.78 is 38.7. The van der Waals surface area contributed by atoms with E-state index in [4.69, 9.17) is 15.0 Å². The lowest BCUT2D eigenvalue weighted by Crippen LogP contribution is -2.31. The quantitative estimate of drug-likeness (QED) is 0.487. The maximum Gasteiger partial charge on any atom is 0.169 e. The predicted octanol–water partition coefficient (Wildman–Crippen LogP) is 4.08. The lowest BCUT2D eigenvalue weighted by Gasteiger charge is -2.27. The molecular formula is C15H11F2N3O2. The van der Waals surface area contributed by atoms with Crippen LogP contribution in [-0.2, 0) is 0 Å². The van der Waals surface area contributed by atoms with Gasteiger partial charge in [0.25, 0.3) is 0 Å². The van der Waals surface area contributed by atoms with Gasteiger partial charge in [-0.2, -0.15) is 0 Å². The van der Waals surface area contributed by atoms with Crippen molar-refractivity contribution in [2.75, 3.05) is 13.2 Å². The third-order valence-corrected chi connectivity index (χ3v) is 3.28. The van der Waals surface area contributed by atoms with E-state index in [1.54, 1.807) is 18.2 Å². The van der Waals surface area contributed by atoms with Crippen LogP contribution in [0.3, 0.4) is 0 Å². The van der Waals surface area contributed by atoms with Crippen LogP contribution in [0.25, 0.3) is 21.6 Å². The summed E-state index contributed by atoms with van der Waals surface area (Å²) in [5.74, 6) is -1.12. The molecule has 1 aliphatic heterocycles. The Labute approximate surface area is 124 Å². The Bertz CT molecular complexity index is 760. The molecule has 2 aromatic carbocycles. The van der Waals surface area contributed by atoms with Gasteiger partial charge in [-0.25, -0.2) is 8.78 Å². The minimum absolute atomic E-state index is 0.0879. The van der Waals surface area contributed by atoms with E-state index in [0.717, 1.165) is 6.07 Å². The van der Waals surface area contributed by atoms with Crippen LogP contribution in [0.5, 0.6) is 11.5 Å². The molecule has 0 aromatic heterocycles. The molecule has 1 atom stereocenters. The standard InChI is InChI=1S/C15H11F2N3O2/c16-12-5-1-3-10(14(12)17)11-4-2-6-13-15(11)22-9(8-21-13)7-19-20-18/h1-6,9H,7-8H2. The first kappa shape index (κ1) is 14.2. The summed E-state index contributed by atoms with van der Waals surface area (Å²) in [6.07, 6.45) is -0.471. The van der Waals surface area contributed by atoms with Crippen molar-refractivity contribution >= 4 is 0 Å². The van der Waals surface area contributed by atoms with Crippen LogP contribution in [0.2, 0.25) is 0 Å². The fraction of sp³-hybridized carbons (Fsp3) is 0.200. The number of benzene rings is 2. The van der Waals surface area contributed by atoms with Crippen LogP contribution < -0.4 is 9.47 Å². The number of rotatable bonds is 3. The second-order valence-electron chi connectivity index (χ2n) is 4.70. The van der Waals surface area contributed by atoms with Gasteiger partial charge in [0, 0.05) is 16.0 Å². The van der Waals surface area contributed by atoms with Crippen LogP contribution in [0.15, 0.2) is 41.5 Å². The van der Waals surface area contributed by atoms with Crippen molar-refractivity contribution in [3.05, 3.63) is 58.5 Å². The average Bonchev–Trinajstić information content (AvgIpc) is 2.55. The highest BCUT2D eigenvalue weighted by Gasteiger charge is 2.25. The van der Waals surface area contributed by atoms with Crippen molar-refractivity contribution in [1.29, 1.82) is 0 Å². The molecule has 7 heteroatoms. The number of nitrogens with zero attached hydrogens (tertiary/aromatic N) is 3. The lowest BCUT2D eigenvalue weighted by molar-refractivity contribution is 0.0976. The Hall–Kier alpha value is -2.79. The Morgan fingerprint density at radius 1 is 1.18 bits per heavy atom. The first-order valence-electron chi connectivity index (χ1n) is 6.58. The summed E-state index contributed by atoms with van der Waals surface area (Å²) in [6.45, 7) is 0.316. The molecule has 3 rings (SSSR count). The number of azide groups is 1. The van der Waals surface area contributed by atoms with Crippen molar-refractivity contribution in [2.24, 2.45) is 5.11 Å². The van der Waals surface area contributed by atoms with Crippen LogP contribution in [-0.4, -0.2) is 19.3 Å². The number of para-hydroxylation sites is 1. The maximum atomic E-state index is 14.0. The zero-order valence-corrected chi connectivity index (χ0v) is 11.4. The molecule has 2 aromatic rings. The van der Waals surface area contributed by atoms with E-state index >= 15 is 0 Å². The van der Waals surface area contributed by atoms with Crippen LogP contribution >= 0.6 is 0 Å². The topological polar surface area (TPSA) is 67.2 Å². The number of fused-ring (bicyclic) bond motifs is 1. The van der Waals surface area contributed by atoms with Crippen LogP contribution in [0.4, 0.5) is 8.78 Å². The molecule has 112 valence electrons. The molecule has 1 unspecified atom stereocenters. The summed E-state index contributed by atoms with van der Waals surface area (Å²) in [5.41, 5.74) is 8.84. The summed E-state index contributed by atoms with van der Waals surface area (Å²) >= 11 is 0. The molecule has 1 heterocycles. The Balaban J connectivity index is 2.04. The monoisotopic (exact) mass is 303 g/mol. The van der Waals surface area contributed by atoms with Crippen molar-refractivity contribution in [1.82, 2.24) is 0 Å². The smallest absolute Gasteiger partial charge is 0.169 e. The van der Waals surface area contributed by atoms with Gasteiger partial charge in [0.2, 0.25) is 0 Å². The summed E-state index contributed by atoms with van der Waals surface area (Å²) in [4.78, 5) is 2.67. The van der Waals surface area contributed by atoms with Gasteiger partial charge in [0.05, 0.1) is 6.54 Å². The third kappa shape index (κ3) is 2.54. The van der Waals surface area contributed by atoms with Crippen molar-refractivity contribution in [3.8, 4) is 22.6 Å². The number of halogens is 2. The van der Waals surface area contributed by atoms with Gasteiger partial charge in [-0.1, -0.05) is 29.4 Å². The second kappa shape index (κ2) is 5.91. The van der Waals surface area contributed by atoms with E-state index in [1.165, 1.54) is 12.1 Å². The van der Waals surface area contributed by atoms with Crippen LogP contribution in [0, 0.1) is 11.6 Å². The zero-order chi connectivity index (χ0) is 15.5. The minimum Gasteiger partial charge on any atom is -0.486 e. The molecular weight excluding hydrogens is 292 g/mol. The number of ether oxygens (including phenoxy) is 2. The molecule has 0 amide bonds. The first-order chi connectivity index (χ1) is 10.7. The highest BCUT2D eigenvalue weighted by molar-refractivity contribution is 5.74. The SMILES string of the molecule is [N-]=[N+]=NCC1COc2cccc(-c3cccc(F)c3F)c2O1. The van der Waals surface area contributed by atoms with E-state index in [-0.39, 0.29) is 18.7 Å². The van der Waals surface area contributed by atoms with E-state index in [1.807, 2.05) is 0 Å². The molecule has 1 aliphatic rings. The predicted molar refractivity (Wildman–Crippen MR) is 75.7 cm³/mol. The van der Waals surface area contributed by atoms with E-state index in [2.05, 4.69) is 10.0 Å². The average molecular weight is 303 g/mol. The normalized spacial score (nSPS) is 16.0. The second-order valence-corrected chi connectivity index (χ2v) is 4.70. The van der Waals surface area contributed by atoms with Crippen molar-refractivity contribution < 1.29 is 18.3 Å². The van der Waals surface area contributed by atoms with Gasteiger partial charge in [0.1, 0.15) is 12.7 Å². The largest absolute Gasteiger partial charge is 0.486 e. The molecule has 0 N–H and O–H groups in total. The summed E-state index contributed by atoms with van der Waals surface area (Å²) in [5, 5.41) is 3.44. The lowest BCUT2D eigenvalue weighted by atomic mass is 10.0. The molecule has 0 saturated heterocycles. The van der Waals surface area contributed by atoms with E-state index in [9.17, 15) is 8.78 Å². The fourth-order valence-corrected chi connectivity index (χ4v) is 2.28. The molecule has 0 saturated carbocycles. The highest BCUT2D eigenvalue weighted by Crippen LogP contribution is 2.42. The van der Waals surface area contributed by atoms with Gasteiger partial charge in [0.15, 0.2) is 23.1 Å².